The summed E-state index contributed by atoms with van der Waals surface area (Å²) in [5.41, 5.74) is 7.13. The van der Waals surface area contributed by atoms with Crippen LogP contribution in [0.15, 0.2) is 67.3 Å². The van der Waals surface area contributed by atoms with Crippen molar-refractivity contribution in [3.63, 3.8) is 0 Å². The average Bonchev–Trinajstić information content (AvgIpc) is 3.26. The Labute approximate surface area is 180 Å². The van der Waals surface area contributed by atoms with E-state index >= 15 is 0 Å². The number of nitrogens with two attached hydrogens (primary N) is 1. The first-order valence-corrected chi connectivity index (χ1v) is 10.2. The van der Waals surface area contributed by atoms with Gasteiger partial charge in [0.1, 0.15) is 28.7 Å². The molecule has 1 aromatic heterocycles. The fourth-order valence-corrected chi connectivity index (χ4v) is 3.81. The predicted molar refractivity (Wildman–Crippen MR) is 118 cm³/mol. The van der Waals surface area contributed by atoms with Crippen LogP contribution in [0.25, 0.3) is 11.3 Å². The zero-order chi connectivity index (χ0) is 21.8. The third-order valence-corrected chi connectivity index (χ3v) is 5.37. The van der Waals surface area contributed by atoms with Crippen LogP contribution in [0.4, 0.5) is 0 Å². The highest BCUT2D eigenvalue weighted by Crippen LogP contribution is 2.31. The number of H-pyrrole nitrogens is 1. The standard InChI is InChI=1S/C24H24N4O3/c1-2-20(29)28-14-6-7-17(15-28)24-26-21(22(27-24)23(25)30)16-10-12-19(13-11-16)31-18-8-4-3-5-9-18/h2-5,8-13,17H,1,6-7,14-15H2,(H2,25,30)(H,26,27)/t17-/m1/s1. The molecular formula is C24H24N4O3. The Morgan fingerprint density at radius 3 is 2.52 bits per heavy atom. The van der Waals surface area contributed by atoms with Gasteiger partial charge in [-0.3, -0.25) is 9.59 Å². The van der Waals surface area contributed by atoms with Gasteiger partial charge in [0.2, 0.25) is 5.91 Å². The third-order valence-electron chi connectivity index (χ3n) is 5.37. The monoisotopic (exact) mass is 416 g/mol. The third kappa shape index (κ3) is 4.50. The van der Waals surface area contributed by atoms with Crippen LogP contribution in [0.1, 0.15) is 35.1 Å². The van der Waals surface area contributed by atoms with Gasteiger partial charge in [-0.15, -0.1) is 0 Å². The Kier molecular flexibility index (Phi) is 5.84. The number of rotatable bonds is 6. The smallest absolute Gasteiger partial charge is 0.267 e. The summed E-state index contributed by atoms with van der Waals surface area (Å²) in [4.78, 5) is 33.6. The maximum atomic E-state index is 12.1. The maximum absolute atomic E-state index is 12.1. The van der Waals surface area contributed by atoms with Crippen molar-refractivity contribution in [2.75, 3.05) is 13.1 Å². The van der Waals surface area contributed by atoms with Crippen LogP contribution in [0, 0.1) is 0 Å². The first kappa shape index (κ1) is 20.4. The number of ether oxygens (including phenoxy) is 1. The van der Waals surface area contributed by atoms with E-state index in [1.807, 2.05) is 54.6 Å². The molecule has 1 saturated heterocycles. The summed E-state index contributed by atoms with van der Waals surface area (Å²) in [6.45, 7) is 4.78. The molecule has 4 rings (SSSR count). The van der Waals surface area contributed by atoms with Crippen LogP contribution in [0.2, 0.25) is 0 Å². The number of carbonyl (C=O) groups is 2. The number of carbonyl (C=O) groups excluding carboxylic acids is 2. The number of nitrogens with one attached hydrogen (secondary N) is 1. The van der Waals surface area contributed by atoms with Gasteiger partial charge in [0.05, 0.1) is 0 Å². The lowest BCUT2D eigenvalue weighted by Crippen LogP contribution is -2.38. The number of primary amides is 1. The first-order valence-electron chi connectivity index (χ1n) is 10.2. The molecule has 2 heterocycles. The van der Waals surface area contributed by atoms with Crippen molar-refractivity contribution in [3.05, 3.63) is 78.8 Å². The molecule has 31 heavy (non-hydrogen) atoms. The van der Waals surface area contributed by atoms with Crippen molar-refractivity contribution in [1.29, 1.82) is 0 Å². The SMILES string of the molecule is C=CC(=O)N1CCC[C@@H](c2nc(-c3ccc(Oc4ccccc4)cc3)c(C(N)=O)[nH]2)C1. The minimum Gasteiger partial charge on any atom is -0.457 e. The van der Waals surface area contributed by atoms with Gasteiger partial charge >= 0.3 is 0 Å². The van der Waals surface area contributed by atoms with Gasteiger partial charge in [-0.1, -0.05) is 24.8 Å². The molecule has 1 fully saturated rings. The summed E-state index contributed by atoms with van der Waals surface area (Å²) in [5, 5.41) is 0. The topological polar surface area (TPSA) is 101 Å². The largest absolute Gasteiger partial charge is 0.457 e. The van der Waals surface area contributed by atoms with E-state index in [0.29, 0.717) is 30.4 Å². The molecule has 0 spiro atoms. The lowest BCUT2D eigenvalue weighted by Gasteiger charge is -2.31. The molecule has 2 amide bonds. The van der Waals surface area contributed by atoms with E-state index in [2.05, 4.69) is 11.6 Å². The Morgan fingerprint density at radius 2 is 1.84 bits per heavy atom. The van der Waals surface area contributed by atoms with Crippen LogP contribution in [0.3, 0.4) is 0 Å². The van der Waals surface area contributed by atoms with Crippen LogP contribution in [-0.2, 0) is 4.79 Å². The lowest BCUT2D eigenvalue weighted by atomic mass is 9.97. The van der Waals surface area contributed by atoms with E-state index in [1.165, 1.54) is 6.08 Å². The molecule has 0 radical (unpaired) electrons. The fourth-order valence-electron chi connectivity index (χ4n) is 3.81. The molecule has 3 aromatic rings. The molecular weight excluding hydrogens is 392 g/mol. The molecule has 0 unspecified atom stereocenters. The predicted octanol–water partition coefficient (Wildman–Crippen LogP) is 3.86. The number of hydrogen-bond acceptors (Lipinski definition) is 4. The summed E-state index contributed by atoms with van der Waals surface area (Å²) in [6, 6.07) is 16.8. The first-order chi connectivity index (χ1) is 15.0. The van der Waals surface area contributed by atoms with E-state index in [0.717, 1.165) is 24.2 Å². The molecule has 1 atom stereocenters. The van der Waals surface area contributed by atoms with E-state index in [1.54, 1.807) is 4.90 Å². The summed E-state index contributed by atoms with van der Waals surface area (Å²) >= 11 is 0. The number of piperidine rings is 1. The van der Waals surface area contributed by atoms with Crippen molar-refractivity contribution in [2.24, 2.45) is 5.73 Å². The maximum Gasteiger partial charge on any atom is 0.267 e. The minimum absolute atomic E-state index is 0.00480. The summed E-state index contributed by atoms with van der Waals surface area (Å²) in [5.74, 6) is 1.41. The lowest BCUT2D eigenvalue weighted by molar-refractivity contribution is -0.127. The van der Waals surface area contributed by atoms with Gasteiger partial charge in [0.25, 0.3) is 5.91 Å². The fraction of sp³-hybridized carbons (Fsp3) is 0.208. The van der Waals surface area contributed by atoms with Crippen LogP contribution in [-0.4, -0.2) is 39.8 Å². The number of aromatic amines is 1. The Bertz CT molecular complexity index is 1090. The normalized spacial score (nSPS) is 16.0. The number of para-hydroxylation sites is 1. The zero-order valence-corrected chi connectivity index (χ0v) is 17.1. The molecule has 0 aliphatic carbocycles. The van der Waals surface area contributed by atoms with Gasteiger partial charge in [0.15, 0.2) is 0 Å². The highest BCUT2D eigenvalue weighted by Gasteiger charge is 2.27. The van der Waals surface area contributed by atoms with Crippen molar-refractivity contribution >= 4 is 11.8 Å². The Hall–Kier alpha value is -3.87. The van der Waals surface area contributed by atoms with Crippen molar-refractivity contribution in [2.45, 2.75) is 18.8 Å². The van der Waals surface area contributed by atoms with Gasteiger partial charge in [-0.2, -0.15) is 0 Å². The molecule has 0 bridgehead atoms. The van der Waals surface area contributed by atoms with E-state index < -0.39 is 5.91 Å². The van der Waals surface area contributed by atoms with Gasteiger partial charge in [-0.25, -0.2) is 4.98 Å². The second-order valence-corrected chi connectivity index (χ2v) is 7.48. The minimum atomic E-state index is -0.576. The van der Waals surface area contributed by atoms with Gasteiger partial charge in [0, 0.05) is 24.6 Å². The highest BCUT2D eigenvalue weighted by molar-refractivity contribution is 5.97. The van der Waals surface area contributed by atoms with Crippen molar-refractivity contribution in [3.8, 4) is 22.8 Å². The molecule has 3 N–H and O–H groups in total. The van der Waals surface area contributed by atoms with E-state index in [4.69, 9.17) is 15.5 Å². The molecule has 7 nitrogen and oxygen atoms in total. The second-order valence-electron chi connectivity index (χ2n) is 7.48. The number of aromatic nitrogens is 2. The quantitative estimate of drug-likeness (QED) is 0.596. The Morgan fingerprint density at radius 1 is 1.13 bits per heavy atom. The summed E-state index contributed by atoms with van der Waals surface area (Å²) < 4.78 is 5.83. The van der Waals surface area contributed by atoms with Gasteiger partial charge < -0.3 is 20.4 Å². The number of imidazole rings is 1. The zero-order valence-electron chi connectivity index (χ0n) is 17.1. The van der Waals surface area contributed by atoms with E-state index in [9.17, 15) is 9.59 Å². The molecule has 1 aliphatic rings. The van der Waals surface area contributed by atoms with Crippen LogP contribution < -0.4 is 10.5 Å². The number of hydrogen-bond donors (Lipinski definition) is 2. The van der Waals surface area contributed by atoms with Gasteiger partial charge in [-0.05, 0) is 55.3 Å². The molecule has 2 aromatic carbocycles. The molecule has 158 valence electrons. The summed E-state index contributed by atoms with van der Waals surface area (Å²) in [6.07, 6.45) is 3.05. The summed E-state index contributed by atoms with van der Waals surface area (Å²) in [7, 11) is 0. The van der Waals surface area contributed by atoms with Crippen LogP contribution >= 0.6 is 0 Å². The molecule has 1 aliphatic heterocycles. The molecule has 7 heteroatoms. The number of likely N-dealkylation sites (tertiary alicyclic amines) is 1. The van der Waals surface area contributed by atoms with E-state index in [-0.39, 0.29) is 17.5 Å². The average molecular weight is 416 g/mol. The highest BCUT2D eigenvalue weighted by atomic mass is 16.5. The van der Waals surface area contributed by atoms with Crippen LogP contribution in [0.5, 0.6) is 11.5 Å². The molecule has 0 saturated carbocycles. The van der Waals surface area contributed by atoms with Crippen molar-refractivity contribution in [1.82, 2.24) is 14.9 Å². The Balaban J connectivity index is 1.58. The number of nitrogens with zero attached hydrogens (tertiary/aromatic N) is 2. The second kappa shape index (κ2) is 8.87. The number of benzene rings is 2. The number of amides is 2. The van der Waals surface area contributed by atoms with Crippen molar-refractivity contribution < 1.29 is 14.3 Å².